The molecule has 2 bridgehead atoms. The number of hydrogen-bond acceptors (Lipinski definition) is 6. The highest BCUT2D eigenvalue weighted by Crippen LogP contribution is 2.37. The monoisotopic (exact) mass is 338 g/mol. The Bertz CT molecular complexity index is 764. The average Bonchev–Trinajstić information content (AvgIpc) is 2.53. The molecule has 3 aliphatic heterocycles. The zero-order valence-corrected chi connectivity index (χ0v) is 15.7. The fourth-order valence-corrected chi connectivity index (χ4v) is 3.88. The Kier molecular flexibility index (Phi) is 3.67. The predicted octanol–water partition coefficient (Wildman–Crippen LogP) is 2.65. The minimum absolute atomic E-state index is 0.0297. The van der Waals surface area contributed by atoms with Crippen LogP contribution in [0.15, 0.2) is 18.3 Å². The van der Waals surface area contributed by atoms with E-state index >= 15 is 0 Å². The molecule has 5 rings (SSSR count). The fourth-order valence-electron chi connectivity index (χ4n) is 3.88. The Morgan fingerprint density at radius 3 is 2.36 bits per heavy atom. The molecule has 0 aliphatic carbocycles. The van der Waals surface area contributed by atoms with Crippen molar-refractivity contribution in [3.05, 3.63) is 35.7 Å². The minimum Gasteiger partial charge on any atom is -0.352 e. The van der Waals surface area contributed by atoms with E-state index in [-0.39, 0.29) is 5.41 Å². The number of piperazine rings is 1. The maximum absolute atomic E-state index is 4.85. The standard InChI is InChI=1S/C19H26N6/c1-12-8-17(22-13(2)21-12)24-10-14-9-15(11-24)25(14)16-6-7-20-18(23-16)19(3,4)5/h6-8,14-15H,9-11H2,1-5H3. The first-order valence-corrected chi connectivity index (χ1v) is 9.00. The van der Waals surface area contributed by atoms with E-state index in [0.29, 0.717) is 12.1 Å². The van der Waals surface area contributed by atoms with Gasteiger partial charge in [0.25, 0.3) is 0 Å². The summed E-state index contributed by atoms with van der Waals surface area (Å²) in [4.78, 5) is 23.2. The van der Waals surface area contributed by atoms with Gasteiger partial charge in [-0.05, 0) is 26.3 Å². The lowest BCUT2D eigenvalue weighted by molar-refractivity contribution is 0.287. The number of fused-ring (bicyclic) bond motifs is 2. The van der Waals surface area contributed by atoms with Gasteiger partial charge in [-0.15, -0.1) is 0 Å². The van der Waals surface area contributed by atoms with E-state index in [2.05, 4.69) is 51.6 Å². The molecule has 5 heterocycles. The van der Waals surface area contributed by atoms with Crippen molar-refractivity contribution in [1.29, 1.82) is 0 Å². The first-order chi connectivity index (χ1) is 11.8. The lowest BCUT2D eigenvalue weighted by atomic mass is 9.87. The second kappa shape index (κ2) is 5.64. The van der Waals surface area contributed by atoms with E-state index in [0.717, 1.165) is 42.1 Å². The highest BCUT2D eigenvalue weighted by atomic mass is 15.4. The number of aryl methyl sites for hydroxylation is 2. The molecule has 2 unspecified atom stereocenters. The summed E-state index contributed by atoms with van der Waals surface area (Å²) < 4.78 is 0. The second-order valence-corrected chi connectivity index (χ2v) is 8.26. The van der Waals surface area contributed by atoms with Crippen LogP contribution < -0.4 is 9.80 Å². The molecular formula is C19H26N6. The van der Waals surface area contributed by atoms with Crippen LogP contribution in [-0.4, -0.2) is 45.1 Å². The third-order valence-electron chi connectivity index (χ3n) is 5.05. The van der Waals surface area contributed by atoms with Gasteiger partial charge >= 0.3 is 0 Å². The van der Waals surface area contributed by atoms with Gasteiger partial charge in [-0.2, -0.15) is 0 Å². The van der Waals surface area contributed by atoms with E-state index in [9.17, 15) is 0 Å². The first kappa shape index (κ1) is 16.2. The highest BCUT2D eigenvalue weighted by molar-refractivity contribution is 5.52. The van der Waals surface area contributed by atoms with Crippen molar-refractivity contribution in [2.45, 2.75) is 58.5 Å². The van der Waals surface area contributed by atoms with Crippen LogP contribution in [0.3, 0.4) is 0 Å². The molecule has 0 radical (unpaired) electrons. The van der Waals surface area contributed by atoms with Gasteiger partial charge in [0, 0.05) is 36.5 Å². The van der Waals surface area contributed by atoms with Crippen molar-refractivity contribution >= 4 is 11.6 Å². The largest absolute Gasteiger partial charge is 0.352 e. The molecule has 2 aromatic heterocycles. The lowest BCUT2D eigenvalue weighted by Gasteiger charge is -2.57. The maximum atomic E-state index is 4.85. The molecule has 2 atom stereocenters. The van der Waals surface area contributed by atoms with Gasteiger partial charge in [-0.1, -0.05) is 20.8 Å². The van der Waals surface area contributed by atoms with Gasteiger partial charge in [0.1, 0.15) is 23.3 Å². The van der Waals surface area contributed by atoms with Gasteiger partial charge in [-0.3, -0.25) is 0 Å². The SMILES string of the molecule is Cc1cc(N2CC3CC(C2)N3c2ccnc(C(C)(C)C)n2)nc(C)n1. The Morgan fingerprint density at radius 2 is 1.72 bits per heavy atom. The normalized spacial score (nSPS) is 22.8. The molecule has 0 amide bonds. The molecule has 3 fully saturated rings. The number of piperidine rings is 1. The second-order valence-electron chi connectivity index (χ2n) is 8.26. The Labute approximate surface area is 149 Å². The molecule has 3 aliphatic rings. The molecule has 0 saturated carbocycles. The number of anilines is 2. The van der Waals surface area contributed by atoms with Gasteiger partial charge < -0.3 is 9.80 Å². The number of nitrogens with zero attached hydrogens (tertiary/aromatic N) is 6. The third kappa shape index (κ3) is 2.94. The quantitative estimate of drug-likeness (QED) is 0.839. The predicted molar refractivity (Wildman–Crippen MR) is 99.1 cm³/mol. The zero-order chi connectivity index (χ0) is 17.8. The summed E-state index contributed by atoms with van der Waals surface area (Å²) in [5.41, 5.74) is 1.00. The third-order valence-corrected chi connectivity index (χ3v) is 5.05. The van der Waals surface area contributed by atoms with Crippen LogP contribution in [0, 0.1) is 13.8 Å². The Morgan fingerprint density at radius 1 is 1.00 bits per heavy atom. The van der Waals surface area contributed by atoms with Crippen molar-refractivity contribution in [2.24, 2.45) is 0 Å². The van der Waals surface area contributed by atoms with Gasteiger partial charge in [0.05, 0.1) is 12.1 Å². The molecule has 0 aromatic carbocycles. The average molecular weight is 338 g/mol. The summed E-state index contributed by atoms with van der Waals surface area (Å²) in [5.74, 6) is 3.87. The minimum atomic E-state index is -0.0297. The fraction of sp³-hybridized carbons (Fsp3) is 0.579. The molecule has 0 N–H and O–H groups in total. The number of aromatic nitrogens is 4. The van der Waals surface area contributed by atoms with E-state index in [1.807, 2.05) is 26.1 Å². The topological polar surface area (TPSA) is 58.0 Å². The van der Waals surface area contributed by atoms with E-state index in [1.54, 1.807) is 0 Å². The van der Waals surface area contributed by atoms with Crippen molar-refractivity contribution in [2.75, 3.05) is 22.9 Å². The van der Waals surface area contributed by atoms with Crippen LogP contribution in [0.25, 0.3) is 0 Å². The van der Waals surface area contributed by atoms with Crippen LogP contribution in [0.5, 0.6) is 0 Å². The Balaban J connectivity index is 1.54. The first-order valence-electron chi connectivity index (χ1n) is 9.00. The zero-order valence-electron chi connectivity index (χ0n) is 15.7. The van der Waals surface area contributed by atoms with Crippen LogP contribution >= 0.6 is 0 Å². The number of rotatable bonds is 2. The smallest absolute Gasteiger partial charge is 0.135 e. The Hall–Kier alpha value is -2.24. The van der Waals surface area contributed by atoms with E-state index in [4.69, 9.17) is 4.98 Å². The van der Waals surface area contributed by atoms with Gasteiger partial charge in [0.2, 0.25) is 0 Å². The summed E-state index contributed by atoms with van der Waals surface area (Å²) in [6, 6.07) is 5.13. The molecular weight excluding hydrogens is 312 g/mol. The summed E-state index contributed by atoms with van der Waals surface area (Å²) in [6.45, 7) is 12.4. The molecule has 2 aromatic rings. The van der Waals surface area contributed by atoms with Crippen molar-refractivity contribution in [3.8, 4) is 0 Å². The summed E-state index contributed by atoms with van der Waals surface area (Å²) in [5, 5.41) is 0. The number of hydrogen-bond donors (Lipinski definition) is 0. The molecule has 0 spiro atoms. The van der Waals surface area contributed by atoms with Crippen LogP contribution in [0.1, 0.15) is 44.5 Å². The van der Waals surface area contributed by atoms with Crippen LogP contribution in [0.4, 0.5) is 11.6 Å². The summed E-state index contributed by atoms with van der Waals surface area (Å²) >= 11 is 0. The molecule has 132 valence electrons. The van der Waals surface area contributed by atoms with Crippen LogP contribution in [0.2, 0.25) is 0 Å². The maximum Gasteiger partial charge on any atom is 0.135 e. The summed E-state index contributed by atoms with van der Waals surface area (Å²) in [6.07, 6.45) is 3.13. The molecule has 3 saturated heterocycles. The van der Waals surface area contributed by atoms with E-state index < -0.39 is 0 Å². The summed E-state index contributed by atoms with van der Waals surface area (Å²) in [7, 11) is 0. The molecule has 6 heteroatoms. The molecule has 6 nitrogen and oxygen atoms in total. The van der Waals surface area contributed by atoms with Crippen molar-refractivity contribution < 1.29 is 0 Å². The van der Waals surface area contributed by atoms with Crippen LogP contribution in [-0.2, 0) is 5.41 Å². The van der Waals surface area contributed by atoms with Gasteiger partial charge in [0.15, 0.2) is 0 Å². The lowest BCUT2D eigenvalue weighted by Crippen LogP contribution is -2.69. The molecule has 25 heavy (non-hydrogen) atoms. The van der Waals surface area contributed by atoms with Crippen molar-refractivity contribution in [1.82, 2.24) is 19.9 Å². The van der Waals surface area contributed by atoms with Crippen molar-refractivity contribution in [3.63, 3.8) is 0 Å². The highest BCUT2D eigenvalue weighted by Gasteiger charge is 2.45. The van der Waals surface area contributed by atoms with E-state index in [1.165, 1.54) is 6.42 Å². The van der Waals surface area contributed by atoms with Gasteiger partial charge in [-0.25, -0.2) is 19.9 Å².